The number of anilines is 3. The Morgan fingerprint density at radius 1 is 1.11 bits per heavy atom. The Labute approximate surface area is 104 Å². The molecular formula is C14H13FN2O. The highest BCUT2D eigenvalue weighted by molar-refractivity contribution is 5.73. The molecule has 0 saturated carbocycles. The molecule has 0 aromatic heterocycles. The zero-order chi connectivity index (χ0) is 12.5. The molecule has 92 valence electrons. The van der Waals surface area contributed by atoms with Crippen LogP contribution in [0.15, 0.2) is 36.4 Å². The molecule has 0 spiro atoms. The molecule has 3 nitrogen and oxygen atoms in total. The van der Waals surface area contributed by atoms with Crippen molar-refractivity contribution in [3.63, 3.8) is 0 Å². The van der Waals surface area contributed by atoms with Crippen molar-refractivity contribution in [3.05, 3.63) is 53.3 Å². The van der Waals surface area contributed by atoms with E-state index in [-0.39, 0.29) is 5.69 Å². The highest BCUT2D eigenvalue weighted by atomic mass is 19.1. The van der Waals surface area contributed by atoms with Crippen LogP contribution in [0.25, 0.3) is 0 Å². The third-order valence-electron chi connectivity index (χ3n) is 3.05. The Hall–Kier alpha value is -2.07. The van der Waals surface area contributed by atoms with Crippen molar-refractivity contribution in [2.45, 2.75) is 13.2 Å². The molecule has 0 radical (unpaired) electrons. The van der Waals surface area contributed by atoms with Crippen LogP contribution in [-0.2, 0) is 18.0 Å². The first-order valence-electron chi connectivity index (χ1n) is 5.74. The van der Waals surface area contributed by atoms with Crippen LogP contribution < -0.4 is 11.1 Å². The predicted octanol–water partition coefficient (Wildman–Crippen LogP) is 3.18. The summed E-state index contributed by atoms with van der Waals surface area (Å²) in [5.41, 5.74) is 9.64. The fourth-order valence-corrected chi connectivity index (χ4v) is 2.05. The molecule has 1 heterocycles. The summed E-state index contributed by atoms with van der Waals surface area (Å²) in [6, 6.07) is 10.7. The third-order valence-corrected chi connectivity index (χ3v) is 3.05. The van der Waals surface area contributed by atoms with E-state index in [0.717, 1.165) is 11.3 Å². The lowest BCUT2D eigenvalue weighted by Gasteiger charge is -2.10. The van der Waals surface area contributed by atoms with Crippen molar-refractivity contribution < 1.29 is 9.13 Å². The summed E-state index contributed by atoms with van der Waals surface area (Å²) < 4.78 is 18.7. The number of nitrogens with one attached hydrogen (secondary N) is 1. The highest BCUT2D eigenvalue weighted by Gasteiger charge is 2.12. The van der Waals surface area contributed by atoms with Crippen LogP contribution in [0.4, 0.5) is 21.5 Å². The number of rotatable bonds is 2. The number of hydrogen-bond donors (Lipinski definition) is 2. The Morgan fingerprint density at radius 2 is 1.94 bits per heavy atom. The molecule has 0 amide bonds. The van der Waals surface area contributed by atoms with E-state index >= 15 is 0 Å². The van der Waals surface area contributed by atoms with Crippen molar-refractivity contribution >= 4 is 17.1 Å². The summed E-state index contributed by atoms with van der Waals surface area (Å²) in [7, 11) is 0. The average molecular weight is 244 g/mol. The zero-order valence-corrected chi connectivity index (χ0v) is 9.74. The number of nitrogens with two attached hydrogens (primary N) is 1. The number of para-hydroxylation sites is 1. The van der Waals surface area contributed by atoms with Gasteiger partial charge in [-0.25, -0.2) is 4.39 Å². The van der Waals surface area contributed by atoms with E-state index in [0.29, 0.717) is 18.9 Å². The van der Waals surface area contributed by atoms with Crippen LogP contribution >= 0.6 is 0 Å². The summed E-state index contributed by atoms with van der Waals surface area (Å²) in [5.74, 6) is -0.413. The minimum Gasteiger partial charge on any atom is -0.395 e. The van der Waals surface area contributed by atoms with E-state index in [2.05, 4.69) is 5.32 Å². The van der Waals surface area contributed by atoms with Crippen LogP contribution in [0.5, 0.6) is 0 Å². The molecule has 1 aliphatic heterocycles. The number of halogens is 1. The van der Waals surface area contributed by atoms with Crippen molar-refractivity contribution in [1.29, 1.82) is 0 Å². The van der Waals surface area contributed by atoms with Gasteiger partial charge in [-0.2, -0.15) is 0 Å². The molecule has 1 aliphatic rings. The SMILES string of the molecule is Nc1c(F)cccc1Nc1ccc2c(c1)COC2. The smallest absolute Gasteiger partial charge is 0.148 e. The summed E-state index contributed by atoms with van der Waals surface area (Å²) in [4.78, 5) is 0. The number of nitrogen functional groups attached to an aromatic ring is 1. The van der Waals surface area contributed by atoms with Gasteiger partial charge >= 0.3 is 0 Å². The second kappa shape index (κ2) is 4.31. The lowest BCUT2D eigenvalue weighted by atomic mass is 10.1. The Balaban J connectivity index is 1.90. The summed E-state index contributed by atoms with van der Waals surface area (Å²) >= 11 is 0. The van der Waals surface area contributed by atoms with Gasteiger partial charge in [0.05, 0.1) is 24.6 Å². The van der Waals surface area contributed by atoms with Gasteiger partial charge in [0.25, 0.3) is 0 Å². The van der Waals surface area contributed by atoms with Gasteiger partial charge in [-0.1, -0.05) is 12.1 Å². The van der Waals surface area contributed by atoms with Gasteiger partial charge in [0, 0.05) is 5.69 Å². The van der Waals surface area contributed by atoms with Gasteiger partial charge < -0.3 is 15.8 Å². The number of benzene rings is 2. The maximum Gasteiger partial charge on any atom is 0.148 e. The fraction of sp³-hybridized carbons (Fsp3) is 0.143. The normalized spacial score (nSPS) is 13.4. The first-order valence-corrected chi connectivity index (χ1v) is 5.74. The second-order valence-corrected chi connectivity index (χ2v) is 4.30. The zero-order valence-electron chi connectivity index (χ0n) is 9.74. The molecule has 2 aromatic rings. The van der Waals surface area contributed by atoms with Gasteiger partial charge in [-0.3, -0.25) is 0 Å². The molecule has 2 aromatic carbocycles. The lowest BCUT2D eigenvalue weighted by Crippen LogP contribution is -1.99. The maximum atomic E-state index is 13.3. The first-order chi connectivity index (χ1) is 8.74. The second-order valence-electron chi connectivity index (χ2n) is 4.30. The summed E-state index contributed by atoms with van der Waals surface area (Å²) in [5, 5.41) is 3.12. The molecular weight excluding hydrogens is 231 g/mol. The van der Waals surface area contributed by atoms with Crippen molar-refractivity contribution in [2.75, 3.05) is 11.1 Å². The Kier molecular flexibility index (Phi) is 2.64. The molecule has 0 bridgehead atoms. The summed E-state index contributed by atoms with van der Waals surface area (Å²) in [6.45, 7) is 1.29. The van der Waals surface area contributed by atoms with Crippen LogP contribution in [0.1, 0.15) is 11.1 Å². The minimum atomic E-state index is -0.413. The van der Waals surface area contributed by atoms with E-state index < -0.39 is 5.82 Å². The van der Waals surface area contributed by atoms with Gasteiger partial charge in [-0.15, -0.1) is 0 Å². The molecule has 0 atom stereocenters. The number of fused-ring (bicyclic) bond motifs is 1. The van der Waals surface area contributed by atoms with Crippen molar-refractivity contribution in [2.24, 2.45) is 0 Å². The molecule has 4 heteroatoms. The molecule has 0 fully saturated rings. The van der Waals surface area contributed by atoms with Crippen LogP contribution in [0, 0.1) is 5.82 Å². The van der Waals surface area contributed by atoms with Crippen molar-refractivity contribution in [3.8, 4) is 0 Å². The number of hydrogen-bond acceptors (Lipinski definition) is 3. The molecule has 0 aliphatic carbocycles. The van der Waals surface area contributed by atoms with Crippen LogP contribution in [0.2, 0.25) is 0 Å². The van der Waals surface area contributed by atoms with E-state index in [1.54, 1.807) is 12.1 Å². The summed E-state index contributed by atoms with van der Waals surface area (Å²) in [6.07, 6.45) is 0. The Morgan fingerprint density at radius 3 is 2.83 bits per heavy atom. The van der Waals surface area contributed by atoms with E-state index in [4.69, 9.17) is 10.5 Å². The highest BCUT2D eigenvalue weighted by Crippen LogP contribution is 2.28. The predicted molar refractivity (Wildman–Crippen MR) is 69.0 cm³/mol. The molecule has 3 rings (SSSR count). The van der Waals surface area contributed by atoms with Gasteiger partial charge in [0.15, 0.2) is 0 Å². The van der Waals surface area contributed by atoms with Crippen LogP contribution in [0.3, 0.4) is 0 Å². The van der Waals surface area contributed by atoms with Gasteiger partial charge in [0.1, 0.15) is 5.82 Å². The molecule has 18 heavy (non-hydrogen) atoms. The number of ether oxygens (including phenoxy) is 1. The average Bonchev–Trinajstić information content (AvgIpc) is 2.82. The monoisotopic (exact) mass is 244 g/mol. The van der Waals surface area contributed by atoms with E-state index in [9.17, 15) is 4.39 Å². The maximum absolute atomic E-state index is 13.3. The fourth-order valence-electron chi connectivity index (χ4n) is 2.05. The first kappa shape index (κ1) is 11.0. The Bertz CT molecular complexity index is 598. The standard InChI is InChI=1S/C14H13FN2O/c15-12-2-1-3-13(14(12)16)17-11-5-4-9-7-18-8-10(9)6-11/h1-6,17H,7-8,16H2. The van der Waals surface area contributed by atoms with E-state index in [1.165, 1.54) is 11.6 Å². The van der Waals surface area contributed by atoms with E-state index in [1.807, 2.05) is 18.2 Å². The van der Waals surface area contributed by atoms with Gasteiger partial charge in [0.2, 0.25) is 0 Å². The topological polar surface area (TPSA) is 47.3 Å². The van der Waals surface area contributed by atoms with Crippen LogP contribution in [-0.4, -0.2) is 0 Å². The minimum absolute atomic E-state index is 0.134. The molecule has 3 N–H and O–H groups in total. The van der Waals surface area contributed by atoms with Gasteiger partial charge in [-0.05, 0) is 35.4 Å². The molecule has 0 unspecified atom stereocenters. The largest absolute Gasteiger partial charge is 0.395 e. The lowest BCUT2D eigenvalue weighted by molar-refractivity contribution is 0.134. The molecule has 0 saturated heterocycles. The van der Waals surface area contributed by atoms with Crippen molar-refractivity contribution in [1.82, 2.24) is 0 Å². The third kappa shape index (κ3) is 1.91. The quantitative estimate of drug-likeness (QED) is 0.797.